The number of hydrogen-bond acceptors (Lipinski definition) is 6. The highest BCUT2D eigenvalue weighted by molar-refractivity contribution is 8.01. The standard InChI is InChI=1S/C16H23N3O4S2/c20-13(21)10-24-14-9-17-15(25-14)18-16(22)19(12-7-4-8-23-12)11-5-2-1-3-6-11/h9,11-12H,1-8,10H2,(H,20,21)(H,17,18,22). The normalized spacial score (nSPS) is 21.2. The molecule has 1 saturated heterocycles. The molecule has 1 unspecified atom stereocenters. The van der Waals surface area contributed by atoms with Crippen molar-refractivity contribution in [3.8, 4) is 0 Å². The first-order chi connectivity index (χ1) is 12.1. The topological polar surface area (TPSA) is 91.8 Å². The molecule has 2 amide bonds. The van der Waals surface area contributed by atoms with Crippen molar-refractivity contribution in [2.75, 3.05) is 17.7 Å². The van der Waals surface area contributed by atoms with E-state index in [9.17, 15) is 9.59 Å². The largest absolute Gasteiger partial charge is 0.481 e. The van der Waals surface area contributed by atoms with Crippen LogP contribution in [0.4, 0.5) is 9.93 Å². The van der Waals surface area contributed by atoms with Crippen molar-refractivity contribution in [3.05, 3.63) is 6.20 Å². The molecule has 7 nitrogen and oxygen atoms in total. The van der Waals surface area contributed by atoms with Gasteiger partial charge in [-0.1, -0.05) is 30.6 Å². The number of ether oxygens (including phenoxy) is 1. The van der Waals surface area contributed by atoms with E-state index in [4.69, 9.17) is 9.84 Å². The van der Waals surface area contributed by atoms with Gasteiger partial charge < -0.3 is 9.84 Å². The van der Waals surface area contributed by atoms with E-state index in [0.29, 0.717) is 11.7 Å². The molecule has 1 aliphatic heterocycles. The van der Waals surface area contributed by atoms with Crippen molar-refractivity contribution in [1.29, 1.82) is 0 Å². The summed E-state index contributed by atoms with van der Waals surface area (Å²) in [7, 11) is 0. The van der Waals surface area contributed by atoms with Crippen molar-refractivity contribution in [1.82, 2.24) is 9.88 Å². The molecule has 0 bridgehead atoms. The number of carbonyl (C=O) groups excluding carboxylic acids is 1. The summed E-state index contributed by atoms with van der Waals surface area (Å²) in [5.74, 6) is -0.884. The summed E-state index contributed by atoms with van der Waals surface area (Å²) in [5, 5.41) is 12.1. The Hall–Kier alpha value is -1.32. The second kappa shape index (κ2) is 8.86. The van der Waals surface area contributed by atoms with Crippen LogP contribution in [0.2, 0.25) is 0 Å². The summed E-state index contributed by atoms with van der Waals surface area (Å²) in [5.41, 5.74) is 0. The lowest BCUT2D eigenvalue weighted by atomic mass is 9.94. The lowest BCUT2D eigenvalue weighted by Crippen LogP contribution is -2.49. The van der Waals surface area contributed by atoms with E-state index >= 15 is 0 Å². The monoisotopic (exact) mass is 385 g/mol. The Kier molecular flexibility index (Phi) is 6.55. The molecule has 1 aromatic heterocycles. The number of aliphatic carboxylic acids is 1. The summed E-state index contributed by atoms with van der Waals surface area (Å²) in [6.45, 7) is 0.703. The van der Waals surface area contributed by atoms with Gasteiger partial charge in [0.25, 0.3) is 0 Å². The van der Waals surface area contributed by atoms with Gasteiger partial charge in [0.1, 0.15) is 6.23 Å². The third-order valence-corrected chi connectivity index (χ3v) is 6.55. The number of hydrogen-bond donors (Lipinski definition) is 2. The third-order valence-electron chi connectivity index (χ3n) is 4.45. The van der Waals surface area contributed by atoms with Gasteiger partial charge in [-0.2, -0.15) is 0 Å². The molecule has 25 heavy (non-hydrogen) atoms. The van der Waals surface area contributed by atoms with Gasteiger partial charge in [0, 0.05) is 12.6 Å². The molecular weight excluding hydrogens is 362 g/mol. The highest BCUT2D eigenvalue weighted by atomic mass is 32.2. The average molecular weight is 386 g/mol. The predicted octanol–water partition coefficient (Wildman–Crippen LogP) is 3.62. The summed E-state index contributed by atoms with van der Waals surface area (Å²) in [4.78, 5) is 29.6. The van der Waals surface area contributed by atoms with Gasteiger partial charge in [-0.05, 0) is 25.7 Å². The summed E-state index contributed by atoms with van der Waals surface area (Å²) in [6, 6.07) is 0.0561. The quantitative estimate of drug-likeness (QED) is 0.727. The highest BCUT2D eigenvalue weighted by Crippen LogP contribution is 2.31. The van der Waals surface area contributed by atoms with Crippen LogP contribution in [0.25, 0.3) is 0 Å². The summed E-state index contributed by atoms with van der Waals surface area (Å²) >= 11 is 2.50. The number of nitrogens with one attached hydrogen (secondary N) is 1. The fourth-order valence-corrected chi connectivity index (χ4v) is 4.93. The zero-order valence-corrected chi connectivity index (χ0v) is 15.6. The number of urea groups is 1. The maximum absolute atomic E-state index is 12.9. The Labute approximate surface area is 155 Å². The molecule has 1 aromatic rings. The number of thioether (sulfide) groups is 1. The average Bonchev–Trinajstić information content (AvgIpc) is 3.26. The zero-order chi connectivity index (χ0) is 17.6. The molecule has 2 aliphatic rings. The van der Waals surface area contributed by atoms with Gasteiger partial charge in [-0.25, -0.2) is 9.78 Å². The van der Waals surface area contributed by atoms with Gasteiger partial charge >= 0.3 is 12.0 Å². The number of nitrogens with zero attached hydrogens (tertiary/aromatic N) is 2. The minimum atomic E-state index is -0.870. The first-order valence-corrected chi connectivity index (χ1v) is 10.4. The van der Waals surface area contributed by atoms with Crippen LogP contribution in [0.5, 0.6) is 0 Å². The minimum absolute atomic E-state index is 0.0142. The molecule has 2 fully saturated rings. The minimum Gasteiger partial charge on any atom is -0.481 e. The number of thiazole rings is 1. The predicted molar refractivity (Wildman–Crippen MR) is 97.2 cm³/mol. The molecule has 2 heterocycles. The van der Waals surface area contributed by atoms with Gasteiger partial charge in [0.05, 0.1) is 16.2 Å². The maximum atomic E-state index is 12.9. The number of rotatable bonds is 6. The number of carboxylic acid groups (broad SMARTS) is 1. The van der Waals surface area contributed by atoms with Crippen molar-refractivity contribution >= 4 is 40.2 Å². The number of aromatic nitrogens is 1. The van der Waals surface area contributed by atoms with Crippen LogP contribution in [-0.4, -0.2) is 51.6 Å². The molecule has 3 rings (SSSR count). The van der Waals surface area contributed by atoms with E-state index in [2.05, 4.69) is 10.3 Å². The Morgan fingerprint density at radius 1 is 1.32 bits per heavy atom. The van der Waals surface area contributed by atoms with Gasteiger partial charge in [-0.3, -0.25) is 15.0 Å². The van der Waals surface area contributed by atoms with Crippen LogP contribution in [0.3, 0.4) is 0 Å². The maximum Gasteiger partial charge on any atom is 0.325 e. The van der Waals surface area contributed by atoms with Crippen LogP contribution in [0, 0.1) is 0 Å². The van der Waals surface area contributed by atoms with Gasteiger partial charge in [-0.15, -0.1) is 11.8 Å². The number of amides is 2. The summed E-state index contributed by atoms with van der Waals surface area (Å²) in [6.07, 6.45) is 8.87. The Balaban J connectivity index is 1.64. The fourth-order valence-electron chi connectivity index (χ4n) is 3.34. The Morgan fingerprint density at radius 3 is 2.80 bits per heavy atom. The van der Waals surface area contributed by atoms with Crippen molar-refractivity contribution in [2.45, 2.75) is 61.4 Å². The molecule has 2 N–H and O–H groups in total. The van der Waals surface area contributed by atoms with E-state index in [1.54, 1.807) is 6.20 Å². The van der Waals surface area contributed by atoms with Gasteiger partial charge in [0.2, 0.25) is 0 Å². The number of anilines is 1. The smallest absolute Gasteiger partial charge is 0.325 e. The highest BCUT2D eigenvalue weighted by Gasteiger charge is 2.34. The van der Waals surface area contributed by atoms with Crippen molar-refractivity contribution < 1.29 is 19.4 Å². The first kappa shape index (κ1) is 18.5. The molecule has 1 saturated carbocycles. The zero-order valence-electron chi connectivity index (χ0n) is 14.0. The van der Waals surface area contributed by atoms with E-state index < -0.39 is 5.97 Å². The van der Waals surface area contributed by atoms with Crippen molar-refractivity contribution in [2.24, 2.45) is 0 Å². The van der Waals surface area contributed by atoms with Crippen LogP contribution in [0.15, 0.2) is 10.4 Å². The number of carboxylic acids is 1. The van der Waals surface area contributed by atoms with Crippen molar-refractivity contribution in [3.63, 3.8) is 0 Å². The van der Waals surface area contributed by atoms with E-state index in [-0.39, 0.29) is 24.1 Å². The Morgan fingerprint density at radius 2 is 2.12 bits per heavy atom. The van der Waals surface area contributed by atoms with Crippen LogP contribution in [0.1, 0.15) is 44.9 Å². The van der Waals surface area contributed by atoms with Crippen LogP contribution >= 0.6 is 23.1 Å². The second-order valence-corrected chi connectivity index (χ2v) is 8.57. The van der Waals surface area contributed by atoms with E-state index in [1.807, 2.05) is 4.90 Å². The first-order valence-electron chi connectivity index (χ1n) is 8.65. The fraction of sp³-hybridized carbons (Fsp3) is 0.688. The SMILES string of the molecule is O=C(O)CSc1cnc(NC(=O)N(C2CCCCC2)C2CCCO2)s1. The molecule has 0 spiro atoms. The number of carbonyl (C=O) groups is 2. The van der Waals surface area contributed by atoms with E-state index in [0.717, 1.165) is 42.7 Å². The van der Waals surface area contributed by atoms with Gasteiger partial charge in [0.15, 0.2) is 5.13 Å². The van der Waals surface area contributed by atoms with Crippen LogP contribution < -0.4 is 5.32 Å². The summed E-state index contributed by atoms with van der Waals surface area (Å²) < 4.78 is 6.55. The molecule has 9 heteroatoms. The second-order valence-electron chi connectivity index (χ2n) is 6.26. The van der Waals surface area contributed by atoms with Crippen LogP contribution in [-0.2, 0) is 9.53 Å². The lowest BCUT2D eigenvalue weighted by Gasteiger charge is -2.37. The third kappa shape index (κ3) is 5.08. The Bertz CT molecular complexity index is 598. The molecule has 1 aliphatic carbocycles. The van der Waals surface area contributed by atoms with E-state index in [1.165, 1.54) is 29.5 Å². The lowest BCUT2D eigenvalue weighted by molar-refractivity contribution is -0.133. The molecular formula is C16H23N3O4S2. The molecule has 1 atom stereocenters. The molecule has 0 radical (unpaired) electrons. The molecule has 138 valence electrons. The molecule has 0 aromatic carbocycles.